The number of carbonyl (C=O) groups excluding carboxylic acids is 2. The van der Waals surface area contributed by atoms with Crippen molar-refractivity contribution in [2.45, 2.75) is 65.5 Å². The van der Waals surface area contributed by atoms with Gasteiger partial charge in [-0.1, -0.05) is 29.4 Å². The Morgan fingerprint density at radius 2 is 2.04 bits per heavy atom. The Morgan fingerprint density at radius 3 is 2.75 bits per heavy atom. The highest BCUT2D eigenvalue weighted by atomic mass is 16.5. The van der Waals surface area contributed by atoms with Crippen molar-refractivity contribution >= 4 is 11.8 Å². The number of nitrogens with one attached hydrogen (secondary N) is 1. The molecule has 0 aliphatic carbocycles. The van der Waals surface area contributed by atoms with E-state index in [0.29, 0.717) is 32.4 Å². The zero-order valence-electron chi connectivity index (χ0n) is 17.0. The summed E-state index contributed by atoms with van der Waals surface area (Å²) in [5.41, 5.74) is 4.23. The highest BCUT2D eigenvalue weighted by Gasteiger charge is 2.25. The van der Waals surface area contributed by atoms with Crippen molar-refractivity contribution in [2.75, 3.05) is 6.54 Å². The lowest BCUT2D eigenvalue weighted by Gasteiger charge is -2.21. The summed E-state index contributed by atoms with van der Waals surface area (Å²) in [4.78, 5) is 26.7. The first-order chi connectivity index (χ1) is 13.4. The average molecular weight is 383 g/mol. The van der Waals surface area contributed by atoms with Crippen molar-refractivity contribution < 1.29 is 14.1 Å². The fourth-order valence-corrected chi connectivity index (χ4v) is 3.71. The minimum absolute atomic E-state index is 0.0444. The zero-order chi connectivity index (χ0) is 20.1. The van der Waals surface area contributed by atoms with Crippen LogP contribution in [0.4, 0.5) is 0 Å². The molecule has 1 aliphatic rings. The Labute approximate surface area is 166 Å². The lowest BCUT2D eigenvalue weighted by atomic mass is 10.0. The molecule has 1 unspecified atom stereocenters. The monoisotopic (exact) mass is 383 g/mol. The molecule has 0 saturated carbocycles. The third-order valence-corrected chi connectivity index (χ3v) is 5.58. The van der Waals surface area contributed by atoms with Crippen molar-refractivity contribution in [1.29, 1.82) is 0 Å². The molecule has 2 heterocycles. The second-order valence-electron chi connectivity index (χ2n) is 7.64. The van der Waals surface area contributed by atoms with E-state index in [9.17, 15) is 9.59 Å². The van der Waals surface area contributed by atoms with Crippen LogP contribution in [0.5, 0.6) is 0 Å². The number of likely N-dealkylation sites (tertiary alicyclic amines) is 1. The van der Waals surface area contributed by atoms with Crippen LogP contribution in [-0.4, -0.2) is 34.5 Å². The number of nitrogens with zero attached hydrogens (tertiary/aromatic N) is 2. The second-order valence-corrected chi connectivity index (χ2v) is 7.64. The summed E-state index contributed by atoms with van der Waals surface area (Å²) in [7, 11) is 0. The summed E-state index contributed by atoms with van der Waals surface area (Å²) >= 11 is 0. The molecular formula is C22H29N3O3. The largest absolute Gasteiger partial charge is 0.361 e. The highest BCUT2D eigenvalue weighted by molar-refractivity contribution is 5.78. The maximum absolute atomic E-state index is 12.5. The van der Waals surface area contributed by atoms with E-state index in [1.165, 1.54) is 11.1 Å². The van der Waals surface area contributed by atoms with Gasteiger partial charge in [-0.15, -0.1) is 0 Å². The molecule has 2 amide bonds. The number of amides is 2. The summed E-state index contributed by atoms with van der Waals surface area (Å²) in [6, 6.07) is 8.19. The molecule has 150 valence electrons. The lowest BCUT2D eigenvalue weighted by molar-refractivity contribution is -0.131. The van der Waals surface area contributed by atoms with Crippen molar-refractivity contribution in [2.24, 2.45) is 0 Å². The van der Waals surface area contributed by atoms with E-state index in [1.54, 1.807) is 0 Å². The normalized spacial score (nSPS) is 17.5. The third-order valence-electron chi connectivity index (χ3n) is 5.58. The van der Waals surface area contributed by atoms with Gasteiger partial charge in [-0.25, -0.2) is 0 Å². The fraction of sp³-hybridized carbons (Fsp3) is 0.500. The molecular weight excluding hydrogens is 354 g/mol. The first kappa shape index (κ1) is 20.1. The molecule has 6 heteroatoms. The van der Waals surface area contributed by atoms with Crippen LogP contribution >= 0.6 is 0 Å². The molecule has 1 aromatic heterocycles. The number of rotatable bonds is 6. The quantitative estimate of drug-likeness (QED) is 0.831. The van der Waals surface area contributed by atoms with Crippen LogP contribution < -0.4 is 5.32 Å². The molecule has 0 spiro atoms. The summed E-state index contributed by atoms with van der Waals surface area (Å²) in [5.74, 6) is 0.937. The van der Waals surface area contributed by atoms with Crippen molar-refractivity contribution in [3.05, 3.63) is 52.4 Å². The number of carbonyl (C=O) groups is 2. The molecule has 2 aromatic rings. The maximum Gasteiger partial charge on any atom is 0.222 e. The van der Waals surface area contributed by atoms with Crippen LogP contribution in [0, 0.1) is 20.8 Å². The van der Waals surface area contributed by atoms with Gasteiger partial charge in [0.1, 0.15) is 5.76 Å². The van der Waals surface area contributed by atoms with Crippen molar-refractivity contribution in [3.63, 3.8) is 0 Å². The Morgan fingerprint density at radius 1 is 1.25 bits per heavy atom. The zero-order valence-corrected chi connectivity index (χ0v) is 17.0. The summed E-state index contributed by atoms with van der Waals surface area (Å²) in [5, 5.41) is 7.09. The molecule has 1 fully saturated rings. The number of benzene rings is 1. The van der Waals surface area contributed by atoms with Gasteiger partial charge in [-0.05, 0) is 51.2 Å². The summed E-state index contributed by atoms with van der Waals surface area (Å²) in [6.45, 7) is 6.98. The van der Waals surface area contributed by atoms with Crippen LogP contribution in [-0.2, 0) is 22.6 Å². The SMILES string of the molecule is Cc1ccccc1CCC(=O)NC1CCC(=O)N(Cc2c(C)noc2C)CC1. The van der Waals surface area contributed by atoms with Crippen molar-refractivity contribution in [3.8, 4) is 0 Å². The van der Waals surface area contributed by atoms with Gasteiger partial charge in [-0.2, -0.15) is 0 Å². The minimum atomic E-state index is 0.0444. The topological polar surface area (TPSA) is 75.4 Å². The minimum Gasteiger partial charge on any atom is -0.361 e. The Bertz CT molecular complexity index is 824. The smallest absolute Gasteiger partial charge is 0.222 e. The molecule has 0 radical (unpaired) electrons. The number of hydrogen-bond acceptors (Lipinski definition) is 4. The maximum atomic E-state index is 12.5. The predicted molar refractivity (Wildman–Crippen MR) is 107 cm³/mol. The number of aromatic nitrogens is 1. The van der Waals surface area contributed by atoms with Gasteiger partial charge < -0.3 is 14.7 Å². The first-order valence-electron chi connectivity index (χ1n) is 9.97. The Hall–Kier alpha value is -2.63. The van der Waals surface area contributed by atoms with Crippen molar-refractivity contribution in [1.82, 2.24) is 15.4 Å². The van der Waals surface area contributed by atoms with E-state index in [-0.39, 0.29) is 17.9 Å². The lowest BCUT2D eigenvalue weighted by Crippen LogP contribution is -2.36. The molecule has 1 aromatic carbocycles. The van der Waals surface area contributed by atoms with Crippen LogP contribution in [0.25, 0.3) is 0 Å². The van der Waals surface area contributed by atoms with Gasteiger partial charge in [0.05, 0.1) is 12.2 Å². The second kappa shape index (κ2) is 9.04. The number of aryl methyl sites for hydroxylation is 4. The molecule has 28 heavy (non-hydrogen) atoms. The molecule has 1 aliphatic heterocycles. The molecule has 6 nitrogen and oxygen atoms in total. The van der Waals surface area contributed by atoms with Gasteiger partial charge in [0.25, 0.3) is 0 Å². The predicted octanol–water partition coefficient (Wildman–Crippen LogP) is 3.23. The molecule has 0 bridgehead atoms. The molecule has 1 saturated heterocycles. The van der Waals surface area contributed by atoms with E-state index >= 15 is 0 Å². The Kier molecular flexibility index (Phi) is 6.49. The summed E-state index contributed by atoms with van der Waals surface area (Å²) in [6.07, 6.45) is 3.12. The van der Waals surface area contributed by atoms with Gasteiger partial charge in [-0.3, -0.25) is 9.59 Å². The summed E-state index contributed by atoms with van der Waals surface area (Å²) < 4.78 is 5.20. The van der Waals surface area contributed by atoms with Crippen LogP contribution in [0.15, 0.2) is 28.8 Å². The van der Waals surface area contributed by atoms with E-state index < -0.39 is 0 Å². The van der Waals surface area contributed by atoms with Crippen LogP contribution in [0.1, 0.15) is 53.8 Å². The average Bonchev–Trinajstić information content (AvgIpc) is 2.88. The highest BCUT2D eigenvalue weighted by Crippen LogP contribution is 2.19. The van der Waals surface area contributed by atoms with Gasteiger partial charge >= 0.3 is 0 Å². The standard InChI is InChI=1S/C22H29N3O3/c1-15-6-4-5-7-18(15)8-10-21(26)23-19-9-11-22(27)25(13-12-19)14-20-16(2)24-28-17(20)3/h4-7,19H,8-14H2,1-3H3,(H,23,26). The van der Waals surface area contributed by atoms with E-state index in [2.05, 4.69) is 29.5 Å². The fourth-order valence-electron chi connectivity index (χ4n) is 3.71. The molecule has 3 rings (SSSR count). The number of hydrogen-bond donors (Lipinski definition) is 1. The molecule has 1 N–H and O–H groups in total. The molecule has 1 atom stereocenters. The van der Waals surface area contributed by atoms with Gasteiger partial charge in [0, 0.05) is 31.0 Å². The van der Waals surface area contributed by atoms with Crippen LogP contribution in [0.2, 0.25) is 0 Å². The first-order valence-corrected chi connectivity index (χ1v) is 9.97. The third kappa shape index (κ3) is 5.00. The van der Waals surface area contributed by atoms with Crippen LogP contribution in [0.3, 0.4) is 0 Å². The van der Waals surface area contributed by atoms with E-state index in [0.717, 1.165) is 29.9 Å². The van der Waals surface area contributed by atoms with E-state index in [1.807, 2.05) is 30.9 Å². The van der Waals surface area contributed by atoms with Gasteiger partial charge in [0.15, 0.2) is 0 Å². The Balaban J connectivity index is 1.51. The van der Waals surface area contributed by atoms with E-state index in [4.69, 9.17) is 4.52 Å². The van der Waals surface area contributed by atoms with Gasteiger partial charge in [0.2, 0.25) is 11.8 Å².